The lowest BCUT2D eigenvalue weighted by molar-refractivity contribution is 0.0422. The van der Waals surface area contributed by atoms with Crippen LogP contribution < -0.4 is 10.2 Å². The molecule has 0 aliphatic heterocycles. The standard InChI is InChI=1S/C29H29BClFN7O6P/c1-28(2,3)15-35-25-17(12-33)13-34-26-22(25)10-21(11-23(26)31)39(27(40)44-16-45-46(41,42)43)29(30,18-4-6-19(32)7-5-18)24-14-38(37-36-24)20-8-9-20/h4-7,10-11,13-14,20H,8-9,15-16H2,1-3H3,(H,34,35)(H2,41,42,43). The highest BCUT2D eigenvalue weighted by molar-refractivity contribution is 7.46. The van der Waals surface area contributed by atoms with Crippen LogP contribution in [0.5, 0.6) is 0 Å². The number of fused-ring (bicyclic) bond motifs is 1. The van der Waals surface area contributed by atoms with Gasteiger partial charge in [-0.3, -0.25) is 9.88 Å². The lowest BCUT2D eigenvalue weighted by Crippen LogP contribution is -2.52. The summed E-state index contributed by atoms with van der Waals surface area (Å²) < 4.78 is 36.6. The van der Waals surface area contributed by atoms with E-state index in [4.69, 9.17) is 24.2 Å². The number of rotatable bonds is 10. The van der Waals surface area contributed by atoms with Crippen LogP contribution in [-0.4, -0.2) is 57.0 Å². The molecular formula is C29H29BClFN7O6P. The van der Waals surface area contributed by atoms with Crippen molar-refractivity contribution in [2.75, 3.05) is 23.6 Å². The zero-order chi connectivity index (χ0) is 33.4. The summed E-state index contributed by atoms with van der Waals surface area (Å²) >= 11 is 6.75. The zero-order valence-corrected chi connectivity index (χ0v) is 26.7. The first-order valence-corrected chi connectivity index (χ1v) is 15.9. The molecule has 2 aromatic carbocycles. The molecule has 4 aromatic rings. The predicted molar refractivity (Wildman–Crippen MR) is 168 cm³/mol. The summed E-state index contributed by atoms with van der Waals surface area (Å²) in [5.74, 6) is -0.574. The number of phosphoric ester groups is 1. The number of benzene rings is 2. The number of hydrogen-bond donors (Lipinski definition) is 3. The Kier molecular flexibility index (Phi) is 9.14. The fraction of sp³-hybridized carbons (Fsp3) is 0.345. The topological polar surface area (TPSA) is 176 Å². The molecule has 238 valence electrons. The molecule has 1 amide bonds. The van der Waals surface area contributed by atoms with Gasteiger partial charge in [0.1, 0.15) is 25.4 Å². The number of carbonyl (C=O) groups is 1. The van der Waals surface area contributed by atoms with Gasteiger partial charge in [-0.2, -0.15) is 5.26 Å². The number of nitrogens with one attached hydrogen (secondary N) is 1. The second kappa shape index (κ2) is 12.6. The largest absolute Gasteiger partial charge is 0.472 e. The number of aromatic nitrogens is 4. The third kappa shape index (κ3) is 7.17. The minimum Gasteiger partial charge on any atom is -0.421 e. The average molecular weight is 668 g/mol. The SMILES string of the molecule is [B]C(c1ccc(F)cc1)(c1cn(C2CC2)nn1)N(C(=O)OCOP(=O)(O)O)c1cc(Cl)c2ncc(C#N)c(NCC(C)(C)C)c2c1. The molecule has 17 heteroatoms. The van der Waals surface area contributed by atoms with Gasteiger partial charge in [0, 0.05) is 23.8 Å². The summed E-state index contributed by atoms with van der Waals surface area (Å²) in [6.45, 7) is 5.32. The fourth-order valence-corrected chi connectivity index (χ4v) is 5.18. The van der Waals surface area contributed by atoms with Crippen molar-refractivity contribution in [2.45, 2.75) is 45.1 Å². The number of carbonyl (C=O) groups excluding carboxylic acids is 1. The molecule has 1 fully saturated rings. The molecule has 2 aromatic heterocycles. The number of pyridine rings is 1. The first kappa shape index (κ1) is 33.3. The number of amides is 1. The molecule has 3 N–H and O–H groups in total. The Morgan fingerprint density at radius 2 is 1.98 bits per heavy atom. The second-order valence-corrected chi connectivity index (χ2v) is 13.6. The van der Waals surface area contributed by atoms with Crippen molar-refractivity contribution in [3.63, 3.8) is 0 Å². The lowest BCUT2D eigenvalue weighted by Gasteiger charge is -2.40. The minimum atomic E-state index is -5.03. The molecule has 0 spiro atoms. The Morgan fingerprint density at radius 3 is 2.59 bits per heavy atom. The molecule has 1 unspecified atom stereocenters. The highest BCUT2D eigenvalue weighted by Gasteiger charge is 2.44. The van der Waals surface area contributed by atoms with E-state index in [0.29, 0.717) is 23.1 Å². The van der Waals surface area contributed by atoms with Gasteiger partial charge in [-0.1, -0.05) is 49.7 Å². The van der Waals surface area contributed by atoms with Gasteiger partial charge in [-0.25, -0.2) is 23.0 Å². The molecule has 1 saturated carbocycles. The highest BCUT2D eigenvalue weighted by atomic mass is 35.5. The van der Waals surface area contributed by atoms with Gasteiger partial charge in [0.25, 0.3) is 0 Å². The fourth-order valence-electron chi connectivity index (χ4n) is 4.73. The lowest BCUT2D eigenvalue weighted by atomic mass is 9.68. The van der Waals surface area contributed by atoms with Crippen LogP contribution in [0.2, 0.25) is 5.02 Å². The molecule has 0 bridgehead atoms. The Hall–Kier alpha value is -4.06. The molecule has 2 radical (unpaired) electrons. The van der Waals surface area contributed by atoms with Crippen LogP contribution in [0.3, 0.4) is 0 Å². The van der Waals surface area contributed by atoms with E-state index in [1.807, 2.05) is 20.8 Å². The Labute approximate surface area is 269 Å². The molecule has 1 aliphatic carbocycles. The number of phosphoric acid groups is 1. The molecule has 0 saturated heterocycles. The van der Waals surface area contributed by atoms with E-state index in [2.05, 4.69) is 31.2 Å². The monoisotopic (exact) mass is 667 g/mol. The van der Waals surface area contributed by atoms with E-state index in [0.717, 1.165) is 29.9 Å². The van der Waals surface area contributed by atoms with Gasteiger partial charge < -0.3 is 19.8 Å². The molecule has 1 atom stereocenters. The van der Waals surface area contributed by atoms with Crippen molar-refractivity contribution < 1.29 is 32.8 Å². The Morgan fingerprint density at radius 1 is 1.28 bits per heavy atom. The number of halogens is 2. The molecule has 5 rings (SSSR count). The quantitative estimate of drug-likeness (QED) is 0.113. The van der Waals surface area contributed by atoms with E-state index < -0.39 is 32.0 Å². The first-order chi connectivity index (χ1) is 21.6. The third-order valence-electron chi connectivity index (χ3n) is 7.13. The summed E-state index contributed by atoms with van der Waals surface area (Å²) in [7, 11) is 2.10. The van der Waals surface area contributed by atoms with Gasteiger partial charge in [0.05, 0.1) is 39.5 Å². The maximum Gasteiger partial charge on any atom is 0.472 e. The summed E-state index contributed by atoms with van der Waals surface area (Å²) in [5.41, 5.74) is -1.09. The van der Waals surface area contributed by atoms with E-state index in [1.165, 1.54) is 30.5 Å². The number of anilines is 2. The normalized spacial score (nSPS) is 14.8. The minimum absolute atomic E-state index is 0.0159. The molecule has 1 aliphatic rings. The molecule has 2 heterocycles. The third-order valence-corrected chi connectivity index (χ3v) is 7.86. The first-order valence-electron chi connectivity index (χ1n) is 14.0. The average Bonchev–Trinajstić information content (AvgIpc) is 3.70. The number of nitrogens with zero attached hydrogens (tertiary/aromatic N) is 6. The zero-order valence-electron chi connectivity index (χ0n) is 25.0. The molecular weight excluding hydrogens is 639 g/mol. The summed E-state index contributed by atoms with van der Waals surface area (Å²) in [6, 6.07) is 10.1. The highest BCUT2D eigenvalue weighted by Crippen LogP contribution is 2.43. The van der Waals surface area contributed by atoms with Gasteiger partial charge in [-0.15, -0.1) is 5.10 Å². The molecule has 46 heavy (non-hydrogen) atoms. The van der Waals surface area contributed by atoms with E-state index in [-0.39, 0.29) is 39.0 Å². The van der Waals surface area contributed by atoms with Crippen LogP contribution in [0.15, 0.2) is 48.8 Å². The summed E-state index contributed by atoms with van der Waals surface area (Å²) in [6.07, 6.45) is 3.43. The van der Waals surface area contributed by atoms with Crippen molar-refractivity contribution in [1.29, 1.82) is 5.26 Å². The van der Waals surface area contributed by atoms with E-state index in [9.17, 15) is 28.8 Å². The van der Waals surface area contributed by atoms with Crippen molar-refractivity contribution in [2.24, 2.45) is 5.41 Å². The summed E-state index contributed by atoms with van der Waals surface area (Å²) in [4.78, 5) is 37.7. The second-order valence-electron chi connectivity index (χ2n) is 12.0. The van der Waals surface area contributed by atoms with Crippen LogP contribution in [0, 0.1) is 22.6 Å². The van der Waals surface area contributed by atoms with Crippen molar-refractivity contribution in [1.82, 2.24) is 20.0 Å². The smallest absolute Gasteiger partial charge is 0.421 e. The van der Waals surface area contributed by atoms with E-state index >= 15 is 0 Å². The van der Waals surface area contributed by atoms with E-state index in [1.54, 1.807) is 10.9 Å². The number of ether oxygens (including phenoxy) is 1. The van der Waals surface area contributed by atoms with Crippen LogP contribution >= 0.6 is 19.4 Å². The number of nitriles is 1. The maximum atomic E-state index is 14.1. The Balaban J connectivity index is 1.75. The van der Waals surface area contributed by atoms with Crippen molar-refractivity contribution >= 4 is 55.6 Å². The van der Waals surface area contributed by atoms with Crippen LogP contribution in [0.25, 0.3) is 10.9 Å². The van der Waals surface area contributed by atoms with Gasteiger partial charge in [0.15, 0.2) is 0 Å². The van der Waals surface area contributed by atoms with Crippen LogP contribution in [0.4, 0.5) is 20.6 Å². The Bertz CT molecular complexity index is 1870. The van der Waals surface area contributed by atoms with Gasteiger partial charge in [0.2, 0.25) is 6.79 Å². The van der Waals surface area contributed by atoms with Crippen LogP contribution in [-0.2, 0) is 19.3 Å². The van der Waals surface area contributed by atoms with Gasteiger partial charge in [-0.05, 0) is 48.1 Å². The van der Waals surface area contributed by atoms with Gasteiger partial charge >= 0.3 is 13.9 Å². The van der Waals surface area contributed by atoms with Crippen LogP contribution in [0.1, 0.15) is 56.5 Å². The predicted octanol–water partition coefficient (Wildman–Crippen LogP) is 5.36. The number of hydrogen-bond acceptors (Lipinski definition) is 9. The maximum absolute atomic E-state index is 14.1. The van der Waals surface area contributed by atoms with Crippen molar-refractivity contribution in [3.05, 3.63) is 76.5 Å². The molecule has 13 nitrogen and oxygen atoms in total. The summed E-state index contributed by atoms with van der Waals surface area (Å²) in [5, 5.41) is 22.1. The van der Waals surface area contributed by atoms with Crippen molar-refractivity contribution in [3.8, 4) is 6.07 Å².